The van der Waals surface area contributed by atoms with Gasteiger partial charge in [0.1, 0.15) is 6.04 Å². The van der Waals surface area contributed by atoms with E-state index >= 15 is 0 Å². The Morgan fingerprint density at radius 1 is 1.30 bits per heavy atom. The number of nitrogens with zero attached hydrogens (tertiary/aromatic N) is 1. The summed E-state index contributed by atoms with van der Waals surface area (Å²) in [5.41, 5.74) is 2.74. The molecule has 0 saturated heterocycles. The Bertz CT molecular complexity index is 630. The second-order valence-corrected chi connectivity index (χ2v) is 5.51. The summed E-state index contributed by atoms with van der Waals surface area (Å²) in [6, 6.07) is 4.57. The lowest BCUT2D eigenvalue weighted by Crippen LogP contribution is -2.45. The third kappa shape index (κ3) is 4.00. The molecule has 1 heterocycles. The molecule has 0 spiro atoms. The van der Waals surface area contributed by atoms with E-state index in [1.807, 2.05) is 18.2 Å². The molecule has 0 saturated carbocycles. The molecule has 0 bridgehead atoms. The predicted molar refractivity (Wildman–Crippen MR) is 88.5 cm³/mol. The molecule has 1 aliphatic heterocycles. The van der Waals surface area contributed by atoms with Gasteiger partial charge in [0.05, 0.1) is 0 Å². The molecular formula is C16H22N4O3. The Morgan fingerprint density at radius 2 is 2.04 bits per heavy atom. The number of nitrogens with one attached hydrogen (secondary N) is 3. The molecule has 1 aliphatic rings. The molecule has 7 heteroatoms. The monoisotopic (exact) mass is 318 g/mol. The summed E-state index contributed by atoms with van der Waals surface area (Å²) in [5.74, 6) is -0.297. The van der Waals surface area contributed by atoms with Gasteiger partial charge in [-0.2, -0.15) is 0 Å². The lowest BCUT2D eigenvalue weighted by atomic mass is 10.0. The number of hydrogen-bond donors (Lipinski definition) is 3. The van der Waals surface area contributed by atoms with Crippen LogP contribution in [0.5, 0.6) is 0 Å². The molecule has 1 aromatic rings. The van der Waals surface area contributed by atoms with Gasteiger partial charge in [0.15, 0.2) is 0 Å². The van der Waals surface area contributed by atoms with Crippen LogP contribution in [0.2, 0.25) is 0 Å². The number of urea groups is 1. The number of carbonyl (C=O) groups is 3. The number of imide groups is 1. The van der Waals surface area contributed by atoms with Gasteiger partial charge in [0.25, 0.3) is 0 Å². The summed E-state index contributed by atoms with van der Waals surface area (Å²) in [7, 11) is 1.76. The van der Waals surface area contributed by atoms with Gasteiger partial charge in [0.2, 0.25) is 11.8 Å². The maximum Gasteiger partial charge on any atom is 0.321 e. The molecule has 0 aromatic heterocycles. The minimum absolute atomic E-state index is 0.105. The molecule has 3 N–H and O–H groups in total. The average Bonchev–Trinajstić information content (AvgIpc) is 2.51. The van der Waals surface area contributed by atoms with E-state index < -0.39 is 18.0 Å². The first-order chi connectivity index (χ1) is 10.9. The number of aryl methyl sites for hydroxylation is 1. The maximum absolute atomic E-state index is 11.9. The zero-order valence-electron chi connectivity index (χ0n) is 13.6. The fraction of sp³-hybridized carbons (Fsp3) is 0.438. The number of rotatable bonds is 4. The number of amides is 4. The molecule has 1 aromatic carbocycles. The highest BCUT2D eigenvalue weighted by atomic mass is 16.2. The third-order valence-corrected chi connectivity index (χ3v) is 3.77. The first-order valence-electron chi connectivity index (χ1n) is 7.67. The van der Waals surface area contributed by atoms with E-state index in [-0.39, 0.29) is 5.91 Å². The molecule has 1 atom stereocenters. The number of benzene rings is 1. The summed E-state index contributed by atoms with van der Waals surface area (Å²) in [5, 5.41) is 7.85. The molecule has 7 nitrogen and oxygen atoms in total. The Labute approximate surface area is 135 Å². The summed E-state index contributed by atoms with van der Waals surface area (Å²) in [4.78, 5) is 36.6. The van der Waals surface area contributed by atoms with Crippen molar-refractivity contribution in [3.8, 4) is 0 Å². The van der Waals surface area contributed by atoms with Gasteiger partial charge >= 0.3 is 6.03 Å². The van der Waals surface area contributed by atoms with Crippen molar-refractivity contribution in [3.05, 3.63) is 23.8 Å². The second-order valence-electron chi connectivity index (χ2n) is 5.51. The van der Waals surface area contributed by atoms with E-state index in [1.165, 1.54) is 0 Å². The molecule has 4 amide bonds. The fourth-order valence-corrected chi connectivity index (χ4v) is 2.49. The Morgan fingerprint density at radius 3 is 2.74 bits per heavy atom. The third-order valence-electron chi connectivity index (χ3n) is 3.77. The van der Waals surface area contributed by atoms with Crippen LogP contribution in [-0.2, 0) is 16.0 Å². The van der Waals surface area contributed by atoms with E-state index in [0.717, 1.165) is 16.9 Å². The van der Waals surface area contributed by atoms with Crippen LogP contribution in [0.4, 0.5) is 16.2 Å². The summed E-state index contributed by atoms with van der Waals surface area (Å²) >= 11 is 0. The maximum atomic E-state index is 11.9. The van der Waals surface area contributed by atoms with Crippen LogP contribution < -0.4 is 20.9 Å². The van der Waals surface area contributed by atoms with Gasteiger partial charge in [-0.05, 0) is 44.0 Å². The normalized spacial score (nSPS) is 14.7. The van der Waals surface area contributed by atoms with Crippen molar-refractivity contribution in [2.24, 2.45) is 0 Å². The minimum atomic E-state index is -0.557. The Kier molecular flexibility index (Phi) is 5.20. The van der Waals surface area contributed by atoms with Gasteiger partial charge < -0.3 is 15.5 Å². The SMILES string of the molecule is CCNC(=O)NC(=O)[C@H](C)Nc1ccc2c(c1)CCC(=O)N2C. The van der Waals surface area contributed by atoms with E-state index in [2.05, 4.69) is 16.0 Å². The number of carbonyl (C=O) groups excluding carboxylic acids is 3. The molecule has 2 rings (SSSR count). The van der Waals surface area contributed by atoms with Crippen LogP contribution in [0.25, 0.3) is 0 Å². The van der Waals surface area contributed by atoms with E-state index in [9.17, 15) is 14.4 Å². The van der Waals surface area contributed by atoms with Crippen LogP contribution in [0.3, 0.4) is 0 Å². The molecular weight excluding hydrogens is 296 g/mol. The summed E-state index contributed by atoms with van der Waals surface area (Å²) in [6.07, 6.45) is 1.17. The van der Waals surface area contributed by atoms with Gasteiger partial charge in [-0.15, -0.1) is 0 Å². The molecule has 124 valence electrons. The van der Waals surface area contributed by atoms with Crippen LogP contribution in [-0.4, -0.2) is 37.5 Å². The van der Waals surface area contributed by atoms with Crippen molar-refractivity contribution >= 4 is 29.2 Å². The first-order valence-corrected chi connectivity index (χ1v) is 7.67. The number of anilines is 2. The van der Waals surface area contributed by atoms with Gasteiger partial charge in [-0.25, -0.2) is 4.79 Å². The van der Waals surface area contributed by atoms with Gasteiger partial charge in [-0.1, -0.05) is 0 Å². The lowest BCUT2D eigenvalue weighted by Gasteiger charge is -2.26. The highest BCUT2D eigenvalue weighted by molar-refractivity contribution is 5.98. The zero-order chi connectivity index (χ0) is 17.0. The van der Waals surface area contributed by atoms with E-state index in [0.29, 0.717) is 19.4 Å². The van der Waals surface area contributed by atoms with Gasteiger partial charge in [-0.3, -0.25) is 14.9 Å². The van der Waals surface area contributed by atoms with Crippen molar-refractivity contribution in [2.75, 3.05) is 23.8 Å². The standard InChI is InChI=1S/C16H22N4O3/c1-4-17-16(23)19-15(22)10(2)18-12-6-7-13-11(9-12)5-8-14(21)20(13)3/h6-7,9-10,18H,4-5,8H2,1-3H3,(H2,17,19,22,23)/t10-/m0/s1. The van der Waals surface area contributed by atoms with Crippen molar-refractivity contribution in [1.29, 1.82) is 0 Å². The molecule has 0 fully saturated rings. The van der Waals surface area contributed by atoms with E-state index in [4.69, 9.17) is 0 Å². The second kappa shape index (κ2) is 7.13. The lowest BCUT2D eigenvalue weighted by molar-refractivity contribution is -0.120. The quantitative estimate of drug-likeness (QED) is 0.779. The van der Waals surface area contributed by atoms with Crippen LogP contribution in [0.1, 0.15) is 25.8 Å². The van der Waals surface area contributed by atoms with Crippen LogP contribution in [0, 0.1) is 0 Å². The van der Waals surface area contributed by atoms with Crippen molar-refractivity contribution in [1.82, 2.24) is 10.6 Å². The largest absolute Gasteiger partial charge is 0.374 e. The first kappa shape index (κ1) is 16.8. The van der Waals surface area contributed by atoms with E-state index in [1.54, 1.807) is 25.8 Å². The minimum Gasteiger partial charge on any atom is -0.374 e. The van der Waals surface area contributed by atoms with Crippen LogP contribution >= 0.6 is 0 Å². The highest BCUT2D eigenvalue weighted by Gasteiger charge is 2.21. The molecule has 0 unspecified atom stereocenters. The van der Waals surface area contributed by atoms with Crippen molar-refractivity contribution in [2.45, 2.75) is 32.7 Å². The number of fused-ring (bicyclic) bond motifs is 1. The van der Waals surface area contributed by atoms with Crippen molar-refractivity contribution < 1.29 is 14.4 Å². The van der Waals surface area contributed by atoms with Crippen LogP contribution in [0.15, 0.2) is 18.2 Å². The molecule has 0 aliphatic carbocycles. The smallest absolute Gasteiger partial charge is 0.321 e. The highest BCUT2D eigenvalue weighted by Crippen LogP contribution is 2.29. The van der Waals surface area contributed by atoms with Crippen molar-refractivity contribution in [3.63, 3.8) is 0 Å². The molecule has 0 radical (unpaired) electrons. The topological polar surface area (TPSA) is 90.5 Å². The molecule has 23 heavy (non-hydrogen) atoms. The summed E-state index contributed by atoms with van der Waals surface area (Å²) in [6.45, 7) is 3.92. The fourth-order valence-electron chi connectivity index (χ4n) is 2.49. The Hall–Kier alpha value is -2.57. The summed E-state index contributed by atoms with van der Waals surface area (Å²) < 4.78 is 0. The van der Waals surface area contributed by atoms with Gasteiger partial charge in [0, 0.05) is 31.4 Å². The number of hydrogen-bond acceptors (Lipinski definition) is 4. The zero-order valence-corrected chi connectivity index (χ0v) is 13.6. The Balaban J connectivity index is 2.02. The average molecular weight is 318 g/mol. The predicted octanol–water partition coefficient (Wildman–Crippen LogP) is 1.24.